The number of nitrogens with zero attached hydrogens (tertiary/aromatic N) is 4. The number of nitrogens with one attached hydrogen (secondary N) is 1. The molecule has 1 saturated heterocycles. The van der Waals surface area contributed by atoms with Crippen LogP contribution >= 0.6 is 0 Å². The van der Waals surface area contributed by atoms with Gasteiger partial charge in [-0.1, -0.05) is 5.16 Å². The third kappa shape index (κ3) is 4.35. The molecule has 134 valence electrons. The molecule has 0 spiro atoms. The van der Waals surface area contributed by atoms with Gasteiger partial charge in [-0.05, 0) is 46.1 Å². The molecule has 7 heteroatoms. The highest BCUT2D eigenvalue weighted by Gasteiger charge is 2.16. The summed E-state index contributed by atoms with van der Waals surface area (Å²) >= 11 is 0. The predicted molar refractivity (Wildman–Crippen MR) is 94.4 cm³/mol. The Labute approximate surface area is 147 Å². The zero-order chi connectivity index (χ0) is 17.8. The largest absolute Gasteiger partial charge is 0.361 e. The lowest BCUT2D eigenvalue weighted by Gasteiger charge is -2.16. The molecule has 3 rings (SSSR count). The van der Waals surface area contributed by atoms with E-state index in [4.69, 9.17) is 4.52 Å². The van der Waals surface area contributed by atoms with Gasteiger partial charge in [-0.3, -0.25) is 4.79 Å². The van der Waals surface area contributed by atoms with Crippen molar-refractivity contribution >= 4 is 11.9 Å². The molecular formula is C18H25N5O2. The molecule has 0 unspecified atom stereocenters. The van der Waals surface area contributed by atoms with Crippen molar-refractivity contribution in [1.29, 1.82) is 0 Å². The third-order valence-electron chi connectivity index (χ3n) is 4.53. The first kappa shape index (κ1) is 17.4. The second-order valence-electron chi connectivity index (χ2n) is 6.57. The Morgan fingerprint density at radius 1 is 1.24 bits per heavy atom. The van der Waals surface area contributed by atoms with Crippen LogP contribution < -0.4 is 10.2 Å². The van der Waals surface area contributed by atoms with Crippen LogP contribution in [0.5, 0.6) is 0 Å². The van der Waals surface area contributed by atoms with Gasteiger partial charge in [0.25, 0.3) is 0 Å². The fourth-order valence-corrected chi connectivity index (χ4v) is 3.14. The number of hydrogen-bond acceptors (Lipinski definition) is 6. The Bertz CT molecular complexity index is 730. The lowest BCUT2D eigenvalue weighted by Crippen LogP contribution is -2.25. The maximum absolute atomic E-state index is 12.1. The molecule has 0 bridgehead atoms. The fraction of sp³-hybridized carbons (Fsp3) is 0.556. The van der Waals surface area contributed by atoms with E-state index in [1.165, 1.54) is 12.8 Å². The summed E-state index contributed by atoms with van der Waals surface area (Å²) in [6.45, 7) is 8.16. The summed E-state index contributed by atoms with van der Waals surface area (Å²) in [7, 11) is 0. The van der Waals surface area contributed by atoms with Gasteiger partial charge in [-0.25, -0.2) is 9.97 Å². The summed E-state index contributed by atoms with van der Waals surface area (Å²) in [5.74, 6) is 1.56. The Balaban J connectivity index is 1.55. The van der Waals surface area contributed by atoms with Gasteiger partial charge in [-0.2, -0.15) is 0 Å². The Morgan fingerprint density at radius 3 is 2.68 bits per heavy atom. The van der Waals surface area contributed by atoms with E-state index in [0.717, 1.165) is 47.4 Å². The molecule has 1 fully saturated rings. The Kier molecular flexibility index (Phi) is 5.31. The first-order valence-corrected chi connectivity index (χ1v) is 8.81. The minimum atomic E-state index is -0.000937. The van der Waals surface area contributed by atoms with Crippen LogP contribution in [0.4, 0.5) is 5.95 Å². The van der Waals surface area contributed by atoms with Crippen LogP contribution in [0.1, 0.15) is 47.7 Å². The van der Waals surface area contributed by atoms with Crippen LogP contribution in [-0.2, 0) is 17.8 Å². The summed E-state index contributed by atoms with van der Waals surface area (Å²) < 4.78 is 5.13. The zero-order valence-electron chi connectivity index (χ0n) is 15.1. The maximum Gasteiger partial charge on any atom is 0.225 e. The molecular weight excluding hydrogens is 318 g/mol. The van der Waals surface area contributed by atoms with Gasteiger partial charge in [-0.15, -0.1) is 0 Å². The van der Waals surface area contributed by atoms with Gasteiger partial charge >= 0.3 is 0 Å². The quantitative estimate of drug-likeness (QED) is 0.866. The van der Waals surface area contributed by atoms with Crippen LogP contribution in [0.15, 0.2) is 10.6 Å². The van der Waals surface area contributed by atoms with Crippen molar-refractivity contribution in [3.63, 3.8) is 0 Å². The van der Waals surface area contributed by atoms with Crippen molar-refractivity contribution in [2.24, 2.45) is 0 Å². The van der Waals surface area contributed by atoms with Crippen molar-refractivity contribution < 1.29 is 9.32 Å². The van der Waals surface area contributed by atoms with Gasteiger partial charge < -0.3 is 14.7 Å². The lowest BCUT2D eigenvalue weighted by atomic mass is 10.1. The molecule has 0 atom stereocenters. The van der Waals surface area contributed by atoms with Crippen molar-refractivity contribution in [3.05, 3.63) is 34.5 Å². The molecule has 2 aromatic heterocycles. The minimum absolute atomic E-state index is 0.000937. The van der Waals surface area contributed by atoms with E-state index in [1.54, 1.807) is 0 Å². The second-order valence-corrected chi connectivity index (χ2v) is 6.57. The van der Waals surface area contributed by atoms with E-state index in [0.29, 0.717) is 19.4 Å². The van der Waals surface area contributed by atoms with Crippen LogP contribution in [0, 0.1) is 20.8 Å². The molecule has 1 amide bonds. The fourth-order valence-electron chi connectivity index (χ4n) is 3.14. The summed E-state index contributed by atoms with van der Waals surface area (Å²) in [4.78, 5) is 23.5. The number of rotatable bonds is 6. The van der Waals surface area contributed by atoms with Gasteiger partial charge in [0.15, 0.2) is 0 Å². The van der Waals surface area contributed by atoms with Gasteiger partial charge in [0, 0.05) is 30.8 Å². The first-order valence-electron chi connectivity index (χ1n) is 8.81. The van der Waals surface area contributed by atoms with Crippen LogP contribution in [0.25, 0.3) is 0 Å². The van der Waals surface area contributed by atoms with E-state index < -0.39 is 0 Å². The molecule has 25 heavy (non-hydrogen) atoms. The highest BCUT2D eigenvalue weighted by Crippen LogP contribution is 2.17. The van der Waals surface area contributed by atoms with Gasteiger partial charge in [0.2, 0.25) is 11.9 Å². The summed E-state index contributed by atoms with van der Waals surface area (Å²) in [5, 5.41) is 6.86. The summed E-state index contributed by atoms with van der Waals surface area (Å²) in [5.41, 5.74) is 3.65. The number of hydrogen-bond donors (Lipinski definition) is 1. The van der Waals surface area contributed by atoms with E-state index in [9.17, 15) is 4.79 Å². The first-order chi connectivity index (χ1) is 12.0. The Hall–Kier alpha value is -2.44. The smallest absolute Gasteiger partial charge is 0.225 e. The minimum Gasteiger partial charge on any atom is -0.361 e. The molecule has 0 saturated carbocycles. The number of anilines is 1. The Morgan fingerprint density at radius 2 is 2.00 bits per heavy atom. The standard InChI is InChI=1S/C18H25N5O2/c1-12-10-15(21-18(20-12)23-8-4-5-9-23)11-19-17(24)7-6-16-13(2)22-25-14(16)3/h10H,4-9,11H2,1-3H3,(H,19,24). The number of aryl methyl sites for hydroxylation is 3. The number of amides is 1. The third-order valence-corrected chi connectivity index (χ3v) is 4.53. The van der Waals surface area contributed by atoms with Crippen molar-refractivity contribution in [2.75, 3.05) is 18.0 Å². The van der Waals surface area contributed by atoms with Crippen molar-refractivity contribution in [1.82, 2.24) is 20.4 Å². The maximum atomic E-state index is 12.1. The van der Waals surface area contributed by atoms with Crippen molar-refractivity contribution in [3.8, 4) is 0 Å². The molecule has 1 N–H and O–H groups in total. The molecule has 1 aliphatic rings. The zero-order valence-corrected chi connectivity index (χ0v) is 15.1. The van der Waals surface area contributed by atoms with E-state index in [1.807, 2.05) is 26.8 Å². The SMILES string of the molecule is Cc1cc(CNC(=O)CCc2c(C)noc2C)nc(N2CCCC2)n1. The average Bonchev–Trinajstić information content (AvgIpc) is 3.22. The lowest BCUT2D eigenvalue weighted by molar-refractivity contribution is -0.121. The molecule has 7 nitrogen and oxygen atoms in total. The molecule has 0 aliphatic carbocycles. The molecule has 0 aromatic carbocycles. The summed E-state index contributed by atoms with van der Waals surface area (Å²) in [6.07, 6.45) is 3.41. The van der Waals surface area contributed by atoms with Gasteiger partial charge in [0.05, 0.1) is 17.9 Å². The monoisotopic (exact) mass is 343 g/mol. The molecule has 2 aromatic rings. The number of carbonyl (C=O) groups excluding carboxylic acids is 1. The molecule has 0 radical (unpaired) electrons. The molecule has 1 aliphatic heterocycles. The summed E-state index contributed by atoms with van der Waals surface area (Å²) in [6, 6.07) is 1.92. The van der Waals surface area contributed by atoms with Crippen LogP contribution in [0.3, 0.4) is 0 Å². The molecule has 3 heterocycles. The highest BCUT2D eigenvalue weighted by molar-refractivity contribution is 5.76. The van der Waals surface area contributed by atoms with E-state index in [-0.39, 0.29) is 5.91 Å². The number of aromatic nitrogens is 3. The second kappa shape index (κ2) is 7.63. The topological polar surface area (TPSA) is 84.2 Å². The predicted octanol–water partition coefficient (Wildman–Crippen LogP) is 2.24. The van der Waals surface area contributed by atoms with E-state index >= 15 is 0 Å². The highest BCUT2D eigenvalue weighted by atomic mass is 16.5. The van der Waals surface area contributed by atoms with Crippen LogP contribution in [0.2, 0.25) is 0 Å². The number of carbonyl (C=O) groups is 1. The van der Waals surface area contributed by atoms with E-state index in [2.05, 4.69) is 25.3 Å². The van der Waals surface area contributed by atoms with Gasteiger partial charge in [0.1, 0.15) is 5.76 Å². The normalized spacial score (nSPS) is 14.1. The average molecular weight is 343 g/mol. The van der Waals surface area contributed by atoms with Crippen molar-refractivity contribution in [2.45, 2.75) is 53.0 Å². The van der Waals surface area contributed by atoms with Crippen LogP contribution in [-0.4, -0.2) is 34.1 Å².